The first-order chi connectivity index (χ1) is 12.5. The largest absolute Gasteiger partial charge is 0.462 e. The number of hydrogen-bond acceptors (Lipinski definition) is 3. The second-order valence-electron chi connectivity index (χ2n) is 8.13. The van der Waals surface area contributed by atoms with Crippen molar-refractivity contribution in [3.63, 3.8) is 0 Å². The Morgan fingerprint density at radius 3 is 2.65 bits per heavy atom. The van der Waals surface area contributed by atoms with E-state index in [4.69, 9.17) is 9.47 Å². The van der Waals surface area contributed by atoms with Crippen molar-refractivity contribution < 1.29 is 14.3 Å². The van der Waals surface area contributed by atoms with E-state index in [2.05, 4.69) is 38.2 Å². The van der Waals surface area contributed by atoms with Gasteiger partial charge in [-0.1, -0.05) is 57.5 Å². The molecule has 142 valence electrons. The molecule has 0 saturated heterocycles. The van der Waals surface area contributed by atoms with E-state index in [-0.39, 0.29) is 24.7 Å². The predicted octanol–water partition coefficient (Wildman–Crippen LogP) is 4.27. The monoisotopic (exact) mass is 357 g/mol. The Bertz CT molecular complexity index is 626. The molecular weight excluding hydrogens is 326 g/mol. The van der Waals surface area contributed by atoms with Gasteiger partial charge in [-0.2, -0.15) is 0 Å². The van der Waals surface area contributed by atoms with Crippen LogP contribution in [0.25, 0.3) is 0 Å². The fraction of sp³-hybridized carbons (Fsp3) is 0.591. The van der Waals surface area contributed by atoms with Crippen LogP contribution >= 0.6 is 0 Å². The van der Waals surface area contributed by atoms with Gasteiger partial charge >= 0.3 is 0 Å². The maximum Gasteiger partial charge on any atom is 0.231 e. The Kier molecular flexibility index (Phi) is 6.23. The van der Waals surface area contributed by atoms with Gasteiger partial charge in [-0.3, -0.25) is 4.79 Å². The van der Waals surface area contributed by atoms with Gasteiger partial charge < -0.3 is 14.8 Å². The molecule has 1 amide bonds. The molecule has 1 fully saturated rings. The first kappa shape index (κ1) is 18.8. The van der Waals surface area contributed by atoms with Gasteiger partial charge in [0.15, 0.2) is 0 Å². The Balaban J connectivity index is 1.74. The van der Waals surface area contributed by atoms with E-state index < -0.39 is 0 Å². The molecule has 1 aliphatic heterocycles. The molecule has 0 spiro atoms. The summed E-state index contributed by atoms with van der Waals surface area (Å²) in [6.45, 7) is 7.01. The van der Waals surface area contributed by atoms with Crippen molar-refractivity contribution in [1.82, 2.24) is 5.32 Å². The summed E-state index contributed by atoms with van der Waals surface area (Å²) in [6.07, 6.45) is 5.72. The minimum absolute atomic E-state index is 0.0513. The molecule has 26 heavy (non-hydrogen) atoms. The second-order valence-corrected chi connectivity index (χ2v) is 8.13. The maximum atomic E-state index is 13.2. The molecule has 1 aromatic rings. The highest BCUT2D eigenvalue weighted by Gasteiger charge is 2.35. The van der Waals surface area contributed by atoms with Crippen LogP contribution in [0.15, 0.2) is 42.4 Å². The SMILES string of the molecule is CC1CCC(C(C)C)C(NC(=O)C(Cc2ccccc2)C2=COCO2)C1. The van der Waals surface area contributed by atoms with Crippen LogP contribution in [-0.4, -0.2) is 18.7 Å². The second kappa shape index (κ2) is 8.61. The number of amides is 1. The topological polar surface area (TPSA) is 47.6 Å². The first-order valence-electron chi connectivity index (χ1n) is 9.83. The number of ether oxygens (including phenoxy) is 2. The summed E-state index contributed by atoms with van der Waals surface area (Å²) in [5, 5.41) is 3.36. The van der Waals surface area contributed by atoms with E-state index >= 15 is 0 Å². The molecule has 0 radical (unpaired) electrons. The zero-order chi connectivity index (χ0) is 18.5. The van der Waals surface area contributed by atoms with Crippen LogP contribution in [0.5, 0.6) is 0 Å². The lowest BCUT2D eigenvalue weighted by atomic mass is 9.74. The predicted molar refractivity (Wildman–Crippen MR) is 102 cm³/mol. The van der Waals surface area contributed by atoms with Crippen LogP contribution < -0.4 is 5.32 Å². The number of carbonyl (C=O) groups is 1. The molecule has 4 heteroatoms. The molecule has 4 atom stereocenters. The quantitative estimate of drug-likeness (QED) is 0.827. The summed E-state index contributed by atoms with van der Waals surface area (Å²) in [6, 6.07) is 10.3. The standard InChI is InChI=1S/C22H31NO3/c1-15(2)18-10-9-16(3)11-20(18)23-22(24)19(21-13-25-14-26-21)12-17-7-5-4-6-8-17/h4-8,13,15-16,18-20H,9-12,14H2,1-3H3,(H,23,24). The van der Waals surface area contributed by atoms with Gasteiger partial charge in [-0.05, 0) is 42.6 Å². The van der Waals surface area contributed by atoms with Crippen LogP contribution in [0.2, 0.25) is 0 Å². The lowest BCUT2D eigenvalue weighted by molar-refractivity contribution is -0.126. The van der Waals surface area contributed by atoms with Crippen molar-refractivity contribution in [2.45, 2.75) is 52.5 Å². The summed E-state index contributed by atoms with van der Waals surface area (Å²) >= 11 is 0. The Hall–Kier alpha value is -1.97. The fourth-order valence-corrected chi connectivity index (χ4v) is 4.26. The molecule has 4 nitrogen and oxygen atoms in total. The molecule has 1 heterocycles. The minimum Gasteiger partial charge on any atom is -0.462 e. The maximum absolute atomic E-state index is 13.2. The minimum atomic E-state index is -0.343. The van der Waals surface area contributed by atoms with Crippen LogP contribution in [0.1, 0.15) is 45.6 Å². The van der Waals surface area contributed by atoms with Crippen LogP contribution in [-0.2, 0) is 20.7 Å². The Morgan fingerprint density at radius 2 is 2.00 bits per heavy atom. The highest BCUT2D eigenvalue weighted by Crippen LogP contribution is 2.34. The highest BCUT2D eigenvalue weighted by atomic mass is 16.7. The third-order valence-corrected chi connectivity index (χ3v) is 5.79. The van der Waals surface area contributed by atoms with Gasteiger partial charge in [0.2, 0.25) is 12.7 Å². The third kappa shape index (κ3) is 4.60. The van der Waals surface area contributed by atoms with E-state index in [9.17, 15) is 4.79 Å². The van der Waals surface area contributed by atoms with E-state index in [1.807, 2.05) is 18.2 Å². The van der Waals surface area contributed by atoms with Gasteiger partial charge in [0.05, 0.1) is 0 Å². The number of hydrogen-bond donors (Lipinski definition) is 1. The average Bonchev–Trinajstić information content (AvgIpc) is 3.14. The zero-order valence-corrected chi connectivity index (χ0v) is 16.1. The van der Waals surface area contributed by atoms with Crippen molar-refractivity contribution in [2.75, 3.05) is 6.79 Å². The van der Waals surface area contributed by atoms with Crippen molar-refractivity contribution >= 4 is 5.91 Å². The van der Waals surface area contributed by atoms with Gasteiger partial charge in [0.1, 0.15) is 17.9 Å². The van der Waals surface area contributed by atoms with Crippen LogP contribution in [0.4, 0.5) is 0 Å². The molecule has 1 N–H and O–H groups in total. The van der Waals surface area contributed by atoms with Crippen LogP contribution in [0.3, 0.4) is 0 Å². The number of benzene rings is 1. The molecule has 4 unspecified atom stereocenters. The molecule has 2 aliphatic rings. The number of rotatable bonds is 6. The van der Waals surface area contributed by atoms with E-state index in [1.54, 1.807) is 6.26 Å². The summed E-state index contributed by atoms with van der Waals surface area (Å²) in [5.74, 6) is 2.12. The normalized spacial score (nSPS) is 26.6. The van der Waals surface area contributed by atoms with Crippen molar-refractivity contribution in [2.24, 2.45) is 23.7 Å². The lowest BCUT2D eigenvalue weighted by Crippen LogP contribution is -2.48. The van der Waals surface area contributed by atoms with Crippen molar-refractivity contribution in [3.05, 3.63) is 47.9 Å². The van der Waals surface area contributed by atoms with Gasteiger partial charge in [0.25, 0.3) is 0 Å². The zero-order valence-electron chi connectivity index (χ0n) is 16.1. The molecule has 3 rings (SSSR count). The van der Waals surface area contributed by atoms with Gasteiger partial charge in [0, 0.05) is 6.04 Å². The Morgan fingerprint density at radius 1 is 1.23 bits per heavy atom. The first-order valence-corrected chi connectivity index (χ1v) is 9.83. The average molecular weight is 357 g/mol. The van der Waals surface area contributed by atoms with Crippen LogP contribution in [0, 0.1) is 23.7 Å². The third-order valence-electron chi connectivity index (χ3n) is 5.79. The van der Waals surface area contributed by atoms with E-state index in [0.29, 0.717) is 29.9 Å². The number of carbonyl (C=O) groups excluding carboxylic acids is 1. The van der Waals surface area contributed by atoms with E-state index in [1.165, 1.54) is 12.8 Å². The van der Waals surface area contributed by atoms with Gasteiger partial charge in [-0.15, -0.1) is 0 Å². The molecular formula is C22H31NO3. The Labute approximate surface area is 157 Å². The summed E-state index contributed by atoms with van der Waals surface area (Å²) in [7, 11) is 0. The smallest absolute Gasteiger partial charge is 0.231 e. The lowest BCUT2D eigenvalue weighted by Gasteiger charge is -2.38. The van der Waals surface area contributed by atoms with Crippen molar-refractivity contribution in [1.29, 1.82) is 0 Å². The number of nitrogens with one attached hydrogen (secondary N) is 1. The van der Waals surface area contributed by atoms with E-state index in [0.717, 1.165) is 12.0 Å². The molecule has 1 aromatic carbocycles. The molecule has 1 aliphatic carbocycles. The van der Waals surface area contributed by atoms with Gasteiger partial charge in [-0.25, -0.2) is 0 Å². The molecule has 0 aromatic heterocycles. The highest BCUT2D eigenvalue weighted by molar-refractivity contribution is 5.81. The summed E-state index contributed by atoms with van der Waals surface area (Å²) in [5.41, 5.74) is 1.13. The molecule has 0 bridgehead atoms. The van der Waals surface area contributed by atoms with Crippen molar-refractivity contribution in [3.8, 4) is 0 Å². The molecule has 1 saturated carbocycles. The fourth-order valence-electron chi connectivity index (χ4n) is 4.26. The summed E-state index contributed by atoms with van der Waals surface area (Å²) < 4.78 is 10.8. The summed E-state index contributed by atoms with van der Waals surface area (Å²) in [4.78, 5) is 13.2.